The van der Waals surface area contributed by atoms with E-state index in [2.05, 4.69) is 0 Å². The van der Waals surface area contributed by atoms with Crippen LogP contribution >= 0.6 is 0 Å². The van der Waals surface area contributed by atoms with Crippen molar-refractivity contribution < 1.29 is 30.8 Å². The van der Waals surface area contributed by atoms with Gasteiger partial charge in [-0.25, -0.2) is 12.8 Å². The fourth-order valence-corrected chi connectivity index (χ4v) is 3.93. The van der Waals surface area contributed by atoms with Crippen LogP contribution in [0.25, 0.3) is 0 Å². The van der Waals surface area contributed by atoms with Gasteiger partial charge in [-0.2, -0.15) is 13.2 Å². The summed E-state index contributed by atoms with van der Waals surface area (Å²) in [7, 11) is -4.34. The second-order valence-corrected chi connectivity index (χ2v) is 7.41. The minimum Gasteiger partial charge on any atom is -0.345 e. The van der Waals surface area contributed by atoms with Crippen LogP contribution in [0.2, 0.25) is 0 Å². The molecule has 0 bridgehead atoms. The van der Waals surface area contributed by atoms with Gasteiger partial charge >= 0.3 is 6.18 Å². The molecule has 2 rings (SSSR count). The minimum atomic E-state index is -4.64. The number of hydrogen-bond donors (Lipinski definition) is 1. The number of nitrogens with one attached hydrogen (secondary N) is 1. The smallest absolute Gasteiger partial charge is 0.345 e. The van der Waals surface area contributed by atoms with E-state index in [1.165, 1.54) is 31.2 Å². The maximum Gasteiger partial charge on any atom is 0.405 e. The molecular formula is C17H16F4N2O3S. The van der Waals surface area contributed by atoms with Crippen LogP contribution in [-0.2, 0) is 14.8 Å². The summed E-state index contributed by atoms with van der Waals surface area (Å²) in [5.74, 6) is -1.78. The third-order valence-electron chi connectivity index (χ3n) is 3.58. The largest absolute Gasteiger partial charge is 0.405 e. The normalized spacial score (nSPS) is 13.1. The predicted octanol–water partition coefficient (Wildman–Crippen LogP) is 3.09. The Balaban J connectivity index is 2.43. The lowest BCUT2D eigenvalue weighted by Gasteiger charge is -2.29. The SMILES string of the molecule is C[C@@H](C(=O)NCC(F)(F)F)N(c1ccccc1)S(=O)(=O)c1ccc(F)cc1. The number of alkyl halides is 3. The van der Waals surface area contributed by atoms with Crippen molar-refractivity contribution in [1.82, 2.24) is 5.32 Å². The number of carbonyl (C=O) groups is 1. The van der Waals surface area contributed by atoms with E-state index < -0.39 is 40.5 Å². The Hall–Kier alpha value is -2.62. The summed E-state index contributed by atoms with van der Waals surface area (Å²) < 4.78 is 76.9. The molecule has 27 heavy (non-hydrogen) atoms. The van der Waals surface area contributed by atoms with Gasteiger partial charge in [0.05, 0.1) is 10.6 Å². The number of hydrogen-bond acceptors (Lipinski definition) is 3. The highest BCUT2D eigenvalue weighted by molar-refractivity contribution is 7.92. The lowest BCUT2D eigenvalue weighted by atomic mass is 10.2. The van der Waals surface area contributed by atoms with Gasteiger partial charge in [-0.1, -0.05) is 18.2 Å². The summed E-state index contributed by atoms with van der Waals surface area (Å²) in [5.41, 5.74) is 0.0801. The Morgan fingerprint density at radius 2 is 1.63 bits per heavy atom. The highest BCUT2D eigenvalue weighted by atomic mass is 32.2. The minimum absolute atomic E-state index is 0.0801. The standard InChI is InChI=1S/C17H16F4N2O3S/c1-12(16(24)22-11-17(19,20)21)23(14-5-3-2-4-6-14)27(25,26)15-9-7-13(18)8-10-15/h2-10,12H,11H2,1H3,(H,22,24)/t12-/m0/s1. The first kappa shape index (κ1) is 20.7. The molecule has 0 unspecified atom stereocenters. The van der Waals surface area contributed by atoms with Crippen LogP contribution in [0.15, 0.2) is 59.5 Å². The second kappa shape index (κ2) is 7.95. The van der Waals surface area contributed by atoms with Crippen LogP contribution < -0.4 is 9.62 Å². The van der Waals surface area contributed by atoms with Crippen molar-refractivity contribution in [3.63, 3.8) is 0 Å². The Bertz CT molecular complexity index is 885. The molecule has 0 aliphatic carbocycles. The van der Waals surface area contributed by atoms with Crippen molar-refractivity contribution >= 4 is 21.6 Å². The number of para-hydroxylation sites is 1. The maximum atomic E-state index is 13.1. The second-order valence-electron chi connectivity index (χ2n) is 5.60. The Labute approximate surface area is 153 Å². The zero-order valence-electron chi connectivity index (χ0n) is 14.1. The highest BCUT2D eigenvalue weighted by Gasteiger charge is 2.35. The first-order valence-electron chi connectivity index (χ1n) is 7.72. The van der Waals surface area contributed by atoms with Gasteiger partial charge in [0, 0.05) is 0 Å². The zero-order valence-corrected chi connectivity index (χ0v) is 14.9. The summed E-state index contributed by atoms with van der Waals surface area (Å²) in [6.45, 7) is -0.421. The van der Waals surface area contributed by atoms with Crippen molar-refractivity contribution in [1.29, 1.82) is 0 Å². The average molecular weight is 404 g/mol. The molecule has 0 aliphatic rings. The van der Waals surface area contributed by atoms with Crippen molar-refractivity contribution in [2.24, 2.45) is 0 Å². The number of sulfonamides is 1. The highest BCUT2D eigenvalue weighted by Crippen LogP contribution is 2.26. The molecule has 5 nitrogen and oxygen atoms in total. The van der Waals surface area contributed by atoms with Crippen LogP contribution in [0.5, 0.6) is 0 Å². The van der Waals surface area contributed by atoms with E-state index >= 15 is 0 Å². The molecule has 0 aromatic heterocycles. The number of amides is 1. The number of rotatable bonds is 6. The topological polar surface area (TPSA) is 66.5 Å². The molecule has 0 aliphatic heterocycles. The van der Waals surface area contributed by atoms with Gasteiger partial charge in [0.25, 0.3) is 10.0 Å². The van der Waals surface area contributed by atoms with E-state index in [0.717, 1.165) is 24.3 Å². The van der Waals surface area contributed by atoms with Gasteiger partial charge in [-0.05, 0) is 43.3 Å². The Morgan fingerprint density at radius 3 is 2.15 bits per heavy atom. The summed E-state index contributed by atoms with van der Waals surface area (Å²) in [4.78, 5) is 11.9. The fourth-order valence-electron chi connectivity index (χ4n) is 2.31. The van der Waals surface area contributed by atoms with Crippen molar-refractivity contribution in [2.75, 3.05) is 10.8 Å². The number of anilines is 1. The van der Waals surface area contributed by atoms with Gasteiger partial charge in [0.15, 0.2) is 0 Å². The molecule has 2 aromatic rings. The fraction of sp³-hybridized carbons (Fsp3) is 0.235. The number of benzene rings is 2. The molecule has 0 saturated heterocycles. The number of nitrogens with zero attached hydrogens (tertiary/aromatic N) is 1. The third kappa shape index (κ3) is 5.19. The van der Waals surface area contributed by atoms with Crippen molar-refractivity contribution in [3.8, 4) is 0 Å². The summed E-state index contributed by atoms with van der Waals surface area (Å²) >= 11 is 0. The number of halogens is 4. The maximum absolute atomic E-state index is 13.1. The van der Waals surface area contributed by atoms with Gasteiger partial charge in [0.2, 0.25) is 5.91 Å². The van der Waals surface area contributed by atoms with Crippen LogP contribution in [0.4, 0.5) is 23.2 Å². The molecule has 10 heteroatoms. The monoisotopic (exact) mass is 404 g/mol. The van der Waals surface area contributed by atoms with Crippen LogP contribution in [0.1, 0.15) is 6.92 Å². The van der Waals surface area contributed by atoms with Gasteiger partial charge in [0.1, 0.15) is 18.4 Å². The molecule has 1 N–H and O–H groups in total. The first-order chi connectivity index (χ1) is 12.5. The molecular weight excluding hydrogens is 388 g/mol. The van der Waals surface area contributed by atoms with Crippen molar-refractivity contribution in [2.45, 2.75) is 24.0 Å². The summed E-state index contributed by atoms with van der Waals surface area (Å²) in [6.07, 6.45) is -4.64. The van der Waals surface area contributed by atoms with E-state index in [1.807, 2.05) is 0 Å². The molecule has 0 radical (unpaired) electrons. The lowest BCUT2D eigenvalue weighted by molar-refractivity contribution is -0.138. The lowest BCUT2D eigenvalue weighted by Crippen LogP contribution is -2.49. The Morgan fingerprint density at radius 1 is 1.07 bits per heavy atom. The molecule has 0 heterocycles. The number of carbonyl (C=O) groups excluding carboxylic acids is 1. The predicted molar refractivity (Wildman–Crippen MR) is 91.0 cm³/mol. The van der Waals surface area contributed by atoms with Crippen LogP contribution in [0, 0.1) is 5.82 Å². The van der Waals surface area contributed by atoms with Crippen molar-refractivity contribution in [3.05, 3.63) is 60.4 Å². The summed E-state index contributed by atoms with van der Waals surface area (Å²) in [6, 6.07) is 9.86. The van der Waals surface area contributed by atoms with Crippen LogP contribution in [0.3, 0.4) is 0 Å². The van der Waals surface area contributed by atoms with E-state index in [1.54, 1.807) is 11.4 Å². The molecule has 1 amide bonds. The molecule has 0 saturated carbocycles. The average Bonchev–Trinajstić information content (AvgIpc) is 2.60. The van der Waals surface area contributed by atoms with E-state index in [9.17, 15) is 30.8 Å². The van der Waals surface area contributed by atoms with E-state index in [-0.39, 0.29) is 10.6 Å². The molecule has 146 valence electrons. The van der Waals surface area contributed by atoms with E-state index in [4.69, 9.17) is 0 Å². The quantitative estimate of drug-likeness (QED) is 0.753. The molecule has 2 aromatic carbocycles. The van der Waals surface area contributed by atoms with Crippen LogP contribution in [-0.4, -0.2) is 33.1 Å². The van der Waals surface area contributed by atoms with E-state index in [0.29, 0.717) is 4.31 Å². The summed E-state index contributed by atoms with van der Waals surface area (Å²) in [5, 5.41) is 1.68. The first-order valence-corrected chi connectivity index (χ1v) is 9.16. The third-order valence-corrected chi connectivity index (χ3v) is 5.49. The van der Waals surface area contributed by atoms with Gasteiger partial charge in [-0.15, -0.1) is 0 Å². The molecule has 0 spiro atoms. The molecule has 1 atom stereocenters. The molecule has 0 fully saturated rings. The zero-order chi connectivity index (χ0) is 20.2. The Kier molecular flexibility index (Phi) is 6.09. The van der Waals surface area contributed by atoms with Gasteiger partial charge in [-0.3, -0.25) is 9.10 Å². The van der Waals surface area contributed by atoms with Gasteiger partial charge < -0.3 is 5.32 Å².